The second kappa shape index (κ2) is 10.0. The van der Waals surface area contributed by atoms with E-state index in [9.17, 15) is 0 Å². The fourth-order valence-corrected chi connectivity index (χ4v) is 2.22. The highest BCUT2D eigenvalue weighted by Gasteiger charge is 2.06. The van der Waals surface area contributed by atoms with Gasteiger partial charge in [-0.1, -0.05) is 41.2 Å². The molecule has 0 saturated heterocycles. The summed E-state index contributed by atoms with van der Waals surface area (Å²) in [5, 5.41) is 8.39. The molecule has 0 fully saturated rings. The van der Waals surface area contributed by atoms with Crippen LogP contribution in [0.15, 0.2) is 19.0 Å². The Kier molecular flexibility index (Phi) is 9.23. The van der Waals surface area contributed by atoms with E-state index in [0.29, 0.717) is 5.92 Å². The number of rotatable bonds is 3. The molecule has 0 atom stereocenters. The Morgan fingerprint density at radius 1 is 1.22 bits per heavy atom. The van der Waals surface area contributed by atoms with Crippen molar-refractivity contribution in [1.82, 2.24) is 19.6 Å². The van der Waals surface area contributed by atoms with Gasteiger partial charge in [0.15, 0.2) is 0 Å². The van der Waals surface area contributed by atoms with E-state index < -0.39 is 0 Å². The molecule has 0 bridgehead atoms. The van der Waals surface area contributed by atoms with Crippen molar-refractivity contribution in [1.29, 1.82) is 0 Å². The van der Waals surface area contributed by atoms with Gasteiger partial charge in [0.2, 0.25) is 0 Å². The molecule has 2 aromatic heterocycles. The lowest BCUT2D eigenvalue weighted by molar-refractivity contribution is 0.733. The maximum Gasteiger partial charge on any atom is 0.0668 e. The molecule has 4 nitrogen and oxygen atoms in total. The van der Waals surface area contributed by atoms with Gasteiger partial charge in [-0.3, -0.25) is 9.36 Å². The van der Waals surface area contributed by atoms with Gasteiger partial charge >= 0.3 is 0 Å². The van der Waals surface area contributed by atoms with Crippen LogP contribution in [0, 0.1) is 13.8 Å². The van der Waals surface area contributed by atoms with Gasteiger partial charge in [0.05, 0.1) is 11.9 Å². The average Bonchev–Trinajstić information content (AvgIpc) is 3.03. The van der Waals surface area contributed by atoms with Crippen molar-refractivity contribution in [2.24, 2.45) is 14.1 Å². The second-order valence-electron chi connectivity index (χ2n) is 5.72. The van der Waals surface area contributed by atoms with Crippen LogP contribution in [-0.4, -0.2) is 19.6 Å². The number of aromatic nitrogens is 4. The molecule has 0 spiro atoms. The molecule has 0 saturated carbocycles. The third-order valence-electron chi connectivity index (χ3n) is 3.72. The van der Waals surface area contributed by atoms with Gasteiger partial charge in [0.25, 0.3) is 0 Å². The Balaban J connectivity index is 0.000000381. The van der Waals surface area contributed by atoms with Crippen molar-refractivity contribution >= 4 is 5.57 Å². The van der Waals surface area contributed by atoms with E-state index >= 15 is 0 Å². The summed E-state index contributed by atoms with van der Waals surface area (Å²) < 4.78 is 3.74. The lowest BCUT2D eigenvalue weighted by atomic mass is 10.1. The number of hydrogen-bond acceptors (Lipinski definition) is 2. The fraction of sp³-hybridized carbons (Fsp3) is 0.579. The molecule has 0 aliphatic heterocycles. The summed E-state index contributed by atoms with van der Waals surface area (Å²) in [5.41, 5.74) is 6.04. The summed E-state index contributed by atoms with van der Waals surface area (Å²) in [5.74, 6) is 0.591. The number of hydrogen-bond donors (Lipinski definition) is 0. The van der Waals surface area contributed by atoms with Gasteiger partial charge < -0.3 is 0 Å². The van der Waals surface area contributed by atoms with Gasteiger partial charge in [0.1, 0.15) is 0 Å². The maximum atomic E-state index is 4.24. The zero-order valence-electron chi connectivity index (χ0n) is 16.4. The van der Waals surface area contributed by atoms with E-state index in [1.807, 2.05) is 56.6 Å². The van der Waals surface area contributed by atoms with E-state index in [4.69, 9.17) is 0 Å². The summed E-state index contributed by atoms with van der Waals surface area (Å²) in [4.78, 5) is 0. The summed E-state index contributed by atoms with van der Waals surface area (Å²) >= 11 is 0. The predicted octanol–water partition coefficient (Wildman–Crippen LogP) is 5.03. The van der Waals surface area contributed by atoms with Crippen molar-refractivity contribution in [3.63, 3.8) is 0 Å². The molecule has 130 valence electrons. The lowest BCUT2D eigenvalue weighted by Crippen LogP contribution is -1.94. The van der Waals surface area contributed by atoms with Crippen LogP contribution in [0.4, 0.5) is 0 Å². The first-order valence-corrected chi connectivity index (χ1v) is 8.44. The van der Waals surface area contributed by atoms with E-state index in [-0.39, 0.29) is 0 Å². The molecule has 0 radical (unpaired) electrons. The zero-order chi connectivity index (χ0) is 18.2. The Morgan fingerprint density at radius 2 is 1.78 bits per heavy atom. The molecule has 0 unspecified atom stereocenters. The Bertz CT molecular complexity index is 603. The Morgan fingerprint density at radius 3 is 2.04 bits per heavy atom. The molecule has 0 aromatic carbocycles. The van der Waals surface area contributed by atoms with E-state index in [2.05, 4.69) is 44.5 Å². The van der Waals surface area contributed by atoms with Crippen LogP contribution < -0.4 is 0 Å². The third-order valence-corrected chi connectivity index (χ3v) is 3.72. The summed E-state index contributed by atoms with van der Waals surface area (Å²) in [6.45, 7) is 18.5. The van der Waals surface area contributed by atoms with Crippen molar-refractivity contribution in [3.8, 4) is 0 Å². The van der Waals surface area contributed by atoms with Crippen LogP contribution >= 0.6 is 0 Å². The second-order valence-corrected chi connectivity index (χ2v) is 5.72. The highest BCUT2D eigenvalue weighted by atomic mass is 15.3. The van der Waals surface area contributed by atoms with Crippen LogP contribution in [-0.2, 0) is 14.1 Å². The maximum absolute atomic E-state index is 4.24. The SMILES string of the molecule is C=C(CC)c1cn(C)nc1C.CC.Cc1c(C(C)C)cnn1C. The van der Waals surface area contributed by atoms with E-state index in [1.54, 1.807) is 0 Å². The monoisotopic (exact) mass is 318 g/mol. The molecule has 23 heavy (non-hydrogen) atoms. The molecule has 2 rings (SSSR count). The Hall–Kier alpha value is -1.84. The first kappa shape index (κ1) is 21.2. The van der Waals surface area contributed by atoms with Crippen LogP contribution in [0.3, 0.4) is 0 Å². The molecular formula is C19H34N4. The van der Waals surface area contributed by atoms with Crippen LogP contribution in [0.1, 0.15) is 69.5 Å². The molecule has 2 aromatic rings. The molecular weight excluding hydrogens is 284 g/mol. The number of nitrogens with zero attached hydrogens (tertiary/aromatic N) is 4. The Labute approximate surface area is 142 Å². The van der Waals surface area contributed by atoms with E-state index in [0.717, 1.165) is 17.7 Å². The predicted molar refractivity (Wildman–Crippen MR) is 101 cm³/mol. The van der Waals surface area contributed by atoms with Gasteiger partial charge in [-0.25, -0.2) is 0 Å². The minimum absolute atomic E-state index is 0.591. The van der Waals surface area contributed by atoms with Crippen LogP contribution in [0.5, 0.6) is 0 Å². The third kappa shape index (κ3) is 6.05. The highest BCUT2D eigenvalue weighted by Crippen LogP contribution is 2.18. The largest absolute Gasteiger partial charge is 0.275 e. The molecule has 0 aliphatic carbocycles. The smallest absolute Gasteiger partial charge is 0.0668 e. The molecule has 4 heteroatoms. The average molecular weight is 319 g/mol. The fourth-order valence-electron chi connectivity index (χ4n) is 2.22. The minimum Gasteiger partial charge on any atom is -0.275 e. The van der Waals surface area contributed by atoms with Crippen molar-refractivity contribution in [2.45, 2.75) is 60.8 Å². The quantitative estimate of drug-likeness (QED) is 0.795. The summed E-state index contributed by atoms with van der Waals surface area (Å²) in [6.07, 6.45) is 4.95. The minimum atomic E-state index is 0.591. The van der Waals surface area contributed by atoms with Crippen molar-refractivity contribution in [2.75, 3.05) is 0 Å². The van der Waals surface area contributed by atoms with Crippen molar-refractivity contribution < 1.29 is 0 Å². The normalized spacial score (nSPS) is 9.83. The number of allylic oxidation sites excluding steroid dienone is 1. The van der Waals surface area contributed by atoms with Gasteiger partial charge in [-0.2, -0.15) is 10.2 Å². The zero-order valence-corrected chi connectivity index (χ0v) is 16.4. The lowest BCUT2D eigenvalue weighted by Gasteiger charge is -2.02. The molecule has 0 N–H and O–H groups in total. The summed E-state index contributed by atoms with van der Waals surface area (Å²) in [6, 6.07) is 0. The highest BCUT2D eigenvalue weighted by molar-refractivity contribution is 5.64. The molecule has 0 aliphatic rings. The standard InChI is InChI=1S/C9H14N2.C8H14N2.C2H6/c1-5-7(2)9-6-11(4)10-8(9)3;1-6(2)8-5-9-10(4)7(8)3;1-2/h6H,2,5H2,1,3-4H3;5-6H,1-4H3;1-2H3. The van der Waals surface area contributed by atoms with Crippen molar-refractivity contribution in [3.05, 3.63) is 41.5 Å². The topological polar surface area (TPSA) is 35.6 Å². The van der Waals surface area contributed by atoms with Crippen LogP contribution in [0.2, 0.25) is 0 Å². The molecule has 2 heterocycles. The number of aryl methyl sites for hydroxylation is 3. The first-order chi connectivity index (χ1) is 10.8. The van der Waals surface area contributed by atoms with E-state index in [1.165, 1.54) is 16.8 Å². The van der Waals surface area contributed by atoms with Crippen LogP contribution in [0.25, 0.3) is 5.57 Å². The van der Waals surface area contributed by atoms with Gasteiger partial charge in [-0.15, -0.1) is 0 Å². The summed E-state index contributed by atoms with van der Waals surface area (Å²) in [7, 11) is 3.90. The van der Waals surface area contributed by atoms with Gasteiger partial charge in [-0.05, 0) is 37.3 Å². The first-order valence-electron chi connectivity index (χ1n) is 8.44. The molecule has 0 amide bonds. The van der Waals surface area contributed by atoms with Gasteiger partial charge in [0, 0.05) is 31.5 Å².